The van der Waals surface area contributed by atoms with E-state index in [1.165, 1.54) is 15.3 Å². The summed E-state index contributed by atoms with van der Waals surface area (Å²) >= 11 is 3.84. The van der Waals surface area contributed by atoms with Gasteiger partial charge in [-0.05, 0) is 61.6 Å². The molecule has 2 rings (SSSR count). The second-order valence-electron chi connectivity index (χ2n) is 5.84. The highest BCUT2D eigenvalue weighted by Crippen LogP contribution is 2.41. The van der Waals surface area contributed by atoms with Crippen LogP contribution in [0.1, 0.15) is 42.6 Å². The molecular weight excluding hydrogens is 296 g/mol. The van der Waals surface area contributed by atoms with Crippen molar-refractivity contribution in [1.29, 1.82) is 0 Å². The largest absolute Gasteiger partial charge is 0.309 e. The van der Waals surface area contributed by atoms with Crippen molar-refractivity contribution in [2.24, 2.45) is 0 Å². The zero-order valence-electron chi connectivity index (χ0n) is 13.2. The molecule has 0 radical (unpaired) electrons. The van der Waals surface area contributed by atoms with Crippen molar-refractivity contribution in [3.05, 3.63) is 47.1 Å². The Morgan fingerprint density at radius 1 is 1.29 bits per heavy atom. The second kappa shape index (κ2) is 7.97. The van der Waals surface area contributed by atoms with Gasteiger partial charge < -0.3 is 4.90 Å². The molecule has 2 nitrogen and oxygen atoms in total. The van der Waals surface area contributed by atoms with E-state index >= 15 is 0 Å². The van der Waals surface area contributed by atoms with Gasteiger partial charge in [0.1, 0.15) is 0 Å². The number of thiophene rings is 1. The standard InChI is InChI=1S/C17H24N2S2/c1-13(2)15-10-17(20-12-15)21-16(7-9-19(3)4)14-6-5-8-18-11-14/h5-6,8,10-13,16H,7,9H2,1-4H3. The molecule has 2 aromatic heterocycles. The van der Waals surface area contributed by atoms with Crippen molar-refractivity contribution in [3.8, 4) is 0 Å². The highest BCUT2D eigenvalue weighted by molar-refractivity contribution is 8.01. The zero-order valence-corrected chi connectivity index (χ0v) is 14.9. The Kier molecular flexibility index (Phi) is 6.27. The third-order valence-corrected chi connectivity index (χ3v) is 5.88. The molecule has 1 unspecified atom stereocenters. The van der Waals surface area contributed by atoms with Crippen LogP contribution >= 0.6 is 23.1 Å². The lowest BCUT2D eigenvalue weighted by atomic mass is 10.1. The molecule has 0 spiro atoms. The summed E-state index contributed by atoms with van der Waals surface area (Å²) < 4.78 is 1.41. The van der Waals surface area contributed by atoms with Gasteiger partial charge in [-0.25, -0.2) is 0 Å². The predicted molar refractivity (Wildman–Crippen MR) is 94.4 cm³/mol. The minimum absolute atomic E-state index is 0.472. The molecule has 2 aromatic rings. The van der Waals surface area contributed by atoms with Gasteiger partial charge in [0.15, 0.2) is 0 Å². The molecule has 0 aliphatic rings. The fourth-order valence-electron chi connectivity index (χ4n) is 2.07. The first kappa shape index (κ1) is 16.5. The van der Waals surface area contributed by atoms with E-state index in [4.69, 9.17) is 0 Å². The van der Waals surface area contributed by atoms with E-state index in [1.54, 1.807) is 0 Å². The molecule has 114 valence electrons. The summed E-state index contributed by atoms with van der Waals surface area (Å²) in [7, 11) is 4.26. The van der Waals surface area contributed by atoms with Crippen molar-refractivity contribution in [1.82, 2.24) is 9.88 Å². The molecule has 0 aliphatic carbocycles. The summed E-state index contributed by atoms with van der Waals surface area (Å²) in [5, 5.41) is 2.76. The highest BCUT2D eigenvalue weighted by atomic mass is 32.2. The van der Waals surface area contributed by atoms with Crippen LogP contribution in [-0.2, 0) is 0 Å². The molecule has 0 N–H and O–H groups in total. The summed E-state index contributed by atoms with van der Waals surface area (Å²) in [6.07, 6.45) is 4.99. The fraction of sp³-hybridized carbons (Fsp3) is 0.471. The van der Waals surface area contributed by atoms with Gasteiger partial charge >= 0.3 is 0 Å². The van der Waals surface area contributed by atoms with Gasteiger partial charge in [0.2, 0.25) is 0 Å². The van der Waals surface area contributed by atoms with Crippen molar-refractivity contribution in [2.75, 3.05) is 20.6 Å². The molecule has 1 atom stereocenters. The summed E-state index contributed by atoms with van der Waals surface area (Å²) in [6, 6.07) is 6.57. The van der Waals surface area contributed by atoms with Gasteiger partial charge in [-0.3, -0.25) is 4.98 Å². The summed E-state index contributed by atoms with van der Waals surface area (Å²) in [4.78, 5) is 6.53. The van der Waals surface area contributed by atoms with Crippen LogP contribution in [0.4, 0.5) is 0 Å². The Bertz CT molecular complexity index is 535. The van der Waals surface area contributed by atoms with Gasteiger partial charge in [0, 0.05) is 17.6 Å². The fourth-order valence-corrected chi connectivity index (χ4v) is 4.57. The quantitative estimate of drug-likeness (QED) is 0.664. The lowest BCUT2D eigenvalue weighted by Crippen LogP contribution is -2.15. The first-order valence-electron chi connectivity index (χ1n) is 7.36. The van der Waals surface area contributed by atoms with Gasteiger partial charge in [0.05, 0.1) is 4.21 Å². The van der Waals surface area contributed by atoms with Crippen molar-refractivity contribution in [2.45, 2.75) is 35.6 Å². The maximum Gasteiger partial charge on any atom is 0.0607 e. The normalized spacial score (nSPS) is 13.0. The lowest BCUT2D eigenvalue weighted by molar-refractivity contribution is 0.398. The molecule has 0 fully saturated rings. The first-order valence-corrected chi connectivity index (χ1v) is 9.12. The highest BCUT2D eigenvalue weighted by Gasteiger charge is 2.15. The van der Waals surface area contributed by atoms with Crippen LogP contribution < -0.4 is 0 Å². The number of hydrogen-bond donors (Lipinski definition) is 0. The average molecular weight is 321 g/mol. The first-order chi connectivity index (χ1) is 10.1. The van der Waals surface area contributed by atoms with Gasteiger partial charge in [-0.15, -0.1) is 23.1 Å². The molecule has 21 heavy (non-hydrogen) atoms. The number of thioether (sulfide) groups is 1. The molecule has 0 aromatic carbocycles. The van der Waals surface area contributed by atoms with E-state index < -0.39 is 0 Å². The minimum Gasteiger partial charge on any atom is -0.309 e. The molecule has 2 heterocycles. The monoisotopic (exact) mass is 320 g/mol. The molecule has 0 aliphatic heterocycles. The Morgan fingerprint density at radius 3 is 2.67 bits per heavy atom. The Morgan fingerprint density at radius 2 is 2.10 bits per heavy atom. The topological polar surface area (TPSA) is 16.1 Å². The molecule has 0 amide bonds. The zero-order chi connectivity index (χ0) is 15.2. The Balaban J connectivity index is 2.11. The lowest BCUT2D eigenvalue weighted by Gasteiger charge is -2.18. The minimum atomic E-state index is 0.472. The number of aromatic nitrogens is 1. The van der Waals surface area contributed by atoms with Crippen molar-refractivity contribution >= 4 is 23.1 Å². The van der Waals surface area contributed by atoms with Crippen LogP contribution in [0.2, 0.25) is 0 Å². The van der Waals surface area contributed by atoms with E-state index in [2.05, 4.69) is 55.3 Å². The molecule has 0 saturated heterocycles. The van der Waals surface area contributed by atoms with E-state index in [-0.39, 0.29) is 0 Å². The van der Waals surface area contributed by atoms with Crippen molar-refractivity contribution in [3.63, 3.8) is 0 Å². The number of pyridine rings is 1. The maximum atomic E-state index is 4.28. The maximum absolute atomic E-state index is 4.28. The summed E-state index contributed by atoms with van der Waals surface area (Å²) in [5.74, 6) is 0.606. The SMILES string of the molecule is CC(C)c1csc(SC(CCN(C)C)c2cccnc2)c1. The van der Waals surface area contributed by atoms with Crippen molar-refractivity contribution < 1.29 is 0 Å². The Labute approximate surface area is 136 Å². The van der Waals surface area contributed by atoms with E-state index in [0.29, 0.717) is 11.2 Å². The Hall–Kier alpha value is -0.840. The molecule has 0 saturated carbocycles. The molecular formula is C17H24N2S2. The van der Waals surface area contributed by atoms with Crippen LogP contribution in [0.3, 0.4) is 0 Å². The van der Waals surface area contributed by atoms with E-state index in [0.717, 1.165) is 13.0 Å². The van der Waals surface area contributed by atoms with E-state index in [1.807, 2.05) is 41.6 Å². The third kappa shape index (κ3) is 5.13. The second-order valence-corrected chi connectivity index (χ2v) is 8.25. The van der Waals surface area contributed by atoms with Crippen LogP contribution in [0.15, 0.2) is 40.2 Å². The number of hydrogen-bond acceptors (Lipinski definition) is 4. The van der Waals surface area contributed by atoms with Crippen LogP contribution in [-0.4, -0.2) is 30.5 Å². The summed E-state index contributed by atoms with van der Waals surface area (Å²) in [5.41, 5.74) is 2.77. The van der Waals surface area contributed by atoms with E-state index in [9.17, 15) is 0 Å². The number of rotatable bonds is 7. The molecule has 4 heteroatoms. The van der Waals surface area contributed by atoms with Crippen LogP contribution in [0.5, 0.6) is 0 Å². The average Bonchev–Trinajstić information content (AvgIpc) is 2.93. The smallest absolute Gasteiger partial charge is 0.0607 e. The van der Waals surface area contributed by atoms with Gasteiger partial charge in [-0.1, -0.05) is 19.9 Å². The molecule has 0 bridgehead atoms. The van der Waals surface area contributed by atoms with Gasteiger partial charge in [-0.2, -0.15) is 0 Å². The van der Waals surface area contributed by atoms with Crippen LogP contribution in [0, 0.1) is 0 Å². The van der Waals surface area contributed by atoms with Gasteiger partial charge in [0.25, 0.3) is 0 Å². The predicted octanol–water partition coefficient (Wildman–Crippen LogP) is 5.05. The summed E-state index contributed by atoms with van der Waals surface area (Å²) in [6.45, 7) is 5.59. The van der Waals surface area contributed by atoms with Crippen LogP contribution in [0.25, 0.3) is 0 Å². The number of nitrogens with zero attached hydrogens (tertiary/aromatic N) is 2. The third-order valence-electron chi connectivity index (χ3n) is 3.42.